The Bertz CT molecular complexity index is 698. The summed E-state index contributed by atoms with van der Waals surface area (Å²) in [5.41, 5.74) is 6.99. The van der Waals surface area contributed by atoms with Gasteiger partial charge < -0.3 is 10.5 Å². The van der Waals surface area contributed by atoms with E-state index in [-0.39, 0.29) is 17.9 Å². The van der Waals surface area contributed by atoms with Crippen molar-refractivity contribution in [3.05, 3.63) is 33.8 Å². The number of likely N-dealkylation sites (tertiary alicyclic amines) is 1. The van der Waals surface area contributed by atoms with Crippen LogP contribution in [-0.4, -0.2) is 74.5 Å². The molecular formula is C21H30BrN3O3. The molecule has 1 aliphatic carbocycles. The number of aldehydes is 1. The lowest BCUT2D eigenvalue weighted by Gasteiger charge is -2.34. The number of hydrogen-bond donors (Lipinski definition) is 1. The standard InChI is InChI=1S/C14H17BrN2O2.C7H13NO/c1-17(7-13(16)19)9-14(4-5-14)12-6-11(15)3-2-10(12)8-18;1-2-4-8(3-1)7-5-9-6-7/h2-3,6,8H,4-5,7,9H2,1H3,(H2,16,19);7H,1-6H2. The molecule has 1 aromatic carbocycles. The fourth-order valence-corrected chi connectivity index (χ4v) is 4.49. The highest BCUT2D eigenvalue weighted by atomic mass is 79.9. The Morgan fingerprint density at radius 3 is 2.54 bits per heavy atom. The van der Waals surface area contributed by atoms with Gasteiger partial charge in [0.05, 0.1) is 25.8 Å². The maximum atomic E-state index is 11.2. The van der Waals surface area contributed by atoms with E-state index in [0.29, 0.717) is 0 Å². The summed E-state index contributed by atoms with van der Waals surface area (Å²) in [6, 6.07) is 6.50. The summed E-state index contributed by atoms with van der Waals surface area (Å²) in [4.78, 5) is 26.6. The highest BCUT2D eigenvalue weighted by Gasteiger charge is 2.46. The first-order valence-electron chi connectivity index (χ1n) is 9.97. The number of nitrogens with zero attached hydrogens (tertiary/aromatic N) is 2. The number of nitrogens with two attached hydrogens (primary N) is 1. The van der Waals surface area contributed by atoms with Crippen LogP contribution >= 0.6 is 15.9 Å². The van der Waals surface area contributed by atoms with Gasteiger partial charge in [-0.25, -0.2) is 0 Å². The maximum Gasteiger partial charge on any atom is 0.231 e. The Morgan fingerprint density at radius 2 is 2.04 bits per heavy atom. The van der Waals surface area contributed by atoms with Crippen LogP contribution in [0.4, 0.5) is 0 Å². The molecule has 0 unspecified atom stereocenters. The molecule has 2 heterocycles. The number of likely N-dealkylation sites (N-methyl/N-ethyl adjacent to an activating group) is 1. The third-order valence-corrected chi connectivity index (χ3v) is 6.34. The molecule has 0 aromatic heterocycles. The second-order valence-corrected chi connectivity index (χ2v) is 9.12. The Hall–Kier alpha value is -1.28. The van der Waals surface area contributed by atoms with Gasteiger partial charge in [-0.15, -0.1) is 0 Å². The zero-order valence-electron chi connectivity index (χ0n) is 16.5. The number of carbonyl (C=O) groups excluding carboxylic acids is 2. The molecule has 3 fully saturated rings. The smallest absolute Gasteiger partial charge is 0.231 e. The summed E-state index contributed by atoms with van der Waals surface area (Å²) in [5.74, 6) is -0.330. The Kier molecular flexibility index (Phi) is 7.25. The van der Waals surface area contributed by atoms with Crippen molar-refractivity contribution in [2.75, 3.05) is 46.4 Å². The number of hydrogen-bond acceptors (Lipinski definition) is 5. The minimum absolute atomic E-state index is 0.00970. The van der Waals surface area contributed by atoms with Gasteiger partial charge in [-0.2, -0.15) is 0 Å². The van der Waals surface area contributed by atoms with Crippen molar-refractivity contribution in [2.24, 2.45) is 5.73 Å². The summed E-state index contributed by atoms with van der Waals surface area (Å²) in [6.07, 6.45) is 5.77. The molecule has 0 radical (unpaired) electrons. The van der Waals surface area contributed by atoms with E-state index in [1.54, 1.807) is 0 Å². The van der Waals surface area contributed by atoms with Gasteiger partial charge in [0.25, 0.3) is 0 Å². The number of primary amides is 1. The second kappa shape index (κ2) is 9.48. The predicted octanol–water partition coefficient (Wildman–Crippen LogP) is 2.19. The van der Waals surface area contributed by atoms with Gasteiger partial charge in [0.15, 0.2) is 0 Å². The van der Waals surface area contributed by atoms with Crippen molar-refractivity contribution >= 4 is 28.1 Å². The SMILES string of the molecule is C1CCN(C2COC2)C1.CN(CC(N)=O)CC1(c2cc(Br)ccc2C=O)CC1. The van der Waals surface area contributed by atoms with E-state index in [1.807, 2.05) is 30.1 Å². The largest absolute Gasteiger partial charge is 0.378 e. The lowest BCUT2D eigenvalue weighted by atomic mass is 9.91. The monoisotopic (exact) mass is 451 g/mol. The van der Waals surface area contributed by atoms with E-state index in [2.05, 4.69) is 20.8 Å². The number of rotatable bonds is 7. The zero-order valence-corrected chi connectivity index (χ0v) is 18.1. The van der Waals surface area contributed by atoms with Crippen molar-refractivity contribution in [3.8, 4) is 0 Å². The minimum Gasteiger partial charge on any atom is -0.378 e. The van der Waals surface area contributed by atoms with Gasteiger partial charge in [0, 0.05) is 22.0 Å². The average molecular weight is 452 g/mol. The third kappa shape index (κ3) is 5.41. The summed E-state index contributed by atoms with van der Waals surface area (Å²) >= 11 is 3.45. The van der Waals surface area contributed by atoms with E-state index >= 15 is 0 Å². The molecule has 0 atom stereocenters. The van der Waals surface area contributed by atoms with E-state index in [0.717, 1.165) is 60.5 Å². The van der Waals surface area contributed by atoms with Gasteiger partial charge in [0.2, 0.25) is 5.91 Å². The Balaban J connectivity index is 0.000000206. The molecule has 28 heavy (non-hydrogen) atoms. The molecule has 1 amide bonds. The molecule has 2 N–H and O–H groups in total. The van der Waals surface area contributed by atoms with Crippen molar-refractivity contribution in [1.82, 2.24) is 9.80 Å². The molecule has 7 heteroatoms. The third-order valence-electron chi connectivity index (χ3n) is 5.84. The highest BCUT2D eigenvalue weighted by Crippen LogP contribution is 2.50. The summed E-state index contributed by atoms with van der Waals surface area (Å²) < 4.78 is 6.07. The van der Waals surface area contributed by atoms with Crippen LogP contribution < -0.4 is 5.73 Å². The number of benzene rings is 1. The first-order valence-corrected chi connectivity index (χ1v) is 10.8. The van der Waals surface area contributed by atoms with Crippen LogP contribution in [0.25, 0.3) is 0 Å². The second-order valence-electron chi connectivity index (χ2n) is 8.20. The van der Waals surface area contributed by atoms with Crippen LogP contribution in [0.15, 0.2) is 22.7 Å². The van der Waals surface area contributed by atoms with E-state index in [4.69, 9.17) is 10.5 Å². The Morgan fingerprint density at radius 1 is 1.36 bits per heavy atom. The number of amides is 1. The molecule has 1 aromatic rings. The van der Waals surface area contributed by atoms with Crippen molar-refractivity contribution in [3.63, 3.8) is 0 Å². The molecule has 2 aliphatic heterocycles. The first-order chi connectivity index (χ1) is 13.4. The minimum atomic E-state index is -0.330. The van der Waals surface area contributed by atoms with Gasteiger partial charge in [-0.05, 0) is 63.5 Å². The molecule has 4 rings (SSSR count). The predicted molar refractivity (Wildman–Crippen MR) is 113 cm³/mol. The summed E-state index contributed by atoms with van der Waals surface area (Å²) in [6.45, 7) is 5.58. The van der Waals surface area contributed by atoms with Crippen molar-refractivity contribution in [2.45, 2.75) is 37.1 Å². The lowest BCUT2D eigenvalue weighted by Crippen LogP contribution is -2.47. The van der Waals surface area contributed by atoms with E-state index in [9.17, 15) is 9.59 Å². The molecule has 0 spiro atoms. The molecule has 154 valence electrons. The number of halogens is 1. The van der Waals surface area contributed by atoms with E-state index < -0.39 is 0 Å². The highest BCUT2D eigenvalue weighted by molar-refractivity contribution is 9.10. The molecule has 2 saturated heterocycles. The summed E-state index contributed by atoms with van der Waals surface area (Å²) in [7, 11) is 1.88. The topological polar surface area (TPSA) is 75.9 Å². The first kappa shape index (κ1) is 21.4. The van der Waals surface area contributed by atoms with Crippen molar-refractivity contribution < 1.29 is 14.3 Å². The van der Waals surface area contributed by atoms with Crippen LogP contribution in [0.3, 0.4) is 0 Å². The van der Waals surface area contributed by atoms with Gasteiger partial charge >= 0.3 is 0 Å². The fraction of sp³-hybridized carbons (Fsp3) is 0.619. The fourth-order valence-electron chi connectivity index (χ4n) is 4.13. The molecular weight excluding hydrogens is 422 g/mol. The molecule has 6 nitrogen and oxygen atoms in total. The molecule has 1 saturated carbocycles. The lowest BCUT2D eigenvalue weighted by molar-refractivity contribution is -0.118. The van der Waals surface area contributed by atoms with Crippen LogP contribution in [0.1, 0.15) is 41.6 Å². The van der Waals surface area contributed by atoms with Gasteiger partial charge in [-0.1, -0.05) is 22.0 Å². The van der Waals surface area contributed by atoms with Crippen LogP contribution in [0.2, 0.25) is 0 Å². The van der Waals surface area contributed by atoms with Crippen LogP contribution in [0.5, 0.6) is 0 Å². The van der Waals surface area contributed by atoms with Crippen LogP contribution in [-0.2, 0) is 14.9 Å². The molecule has 3 aliphatic rings. The van der Waals surface area contributed by atoms with E-state index in [1.165, 1.54) is 25.9 Å². The zero-order chi connectivity index (χ0) is 20.1. The number of ether oxygens (including phenoxy) is 1. The Labute approximate surface area is 175 Å². The average Bonchev–Trinajstić information content (AvgIpc) is 3.17. The summed E-state index contributed by atoms with van der Waals surface area (Å²) in [5, 5.41) is 0. The molecule has 0 bridgehead atoms. The van der Waals surface area contributed by atoms with Crippen molar-refractivity contribution in [1.29, 1.82) is 0 Å². The maximum absolute atomic E-state index is 11.2. The quantitative estimate of drug-likeness (QED) is 0.642. The normalized spacial score (nSPS) is 21.0. The van der Waals surface area contributed by atoms with Gasteiger partial charge in [0.1, 0.15) is 6.29 Å². The van der Waals surface area contributed by atoms with Gasteiger partial charge in [-0.3, -0.25) is 19.4 Å². The number of carbonyl (C=O) groups is 2. The van der Waals surface area contributed by atoms with Crippen LogP contribution in [0, 0.1) is 0 Å².